The summed E-state index contributed by atoms with van der Waals surface area (Å²) < 4.78 is 9.53. The molecule has 0 aliphatic rings. The van der Waals surface area contributed by atoms with Gasteiger partial charge in [0.1, 0.15) is 0 Å². The summed E-state index contributed by atoms with van der Waals surface area (Å²) in [6, 6.07) is 121. The summed E-state index contributed by atoms with van der Waals surface area (Å²) in [5.41, 5.74) is 15.2. The van der Waals surface area contributed by atoms with Crippen LogP contribution in [0.1, 0.15) is 0 Å². The molecule has 0 amide bonds. The Morgan fingerprint density at radius 2 is 0.337 bits per heavy atom. The molecule has 0 radical (unpaired) electrons. The molecule has 0 aliphatic carbocycles. The molecule has 0 unspecified atom stereocenters. The van der Waals surface area contributed by atoms with Crippen LogP contribution in [-0.2, 0) is 43.4 Å². The Kier molecular flexibility index (Phi) is 17.2. The molecule has 0 saturated heterocycles. The molecule has 92 heavy (non-hydrogen) atoms. The topological polar surface area (TPSA) is 19.7 Å². The number of hydrogen-bond acceptors (Lipinski definition) is 0. The van der Waals surface area contributed by atoms with E-state index in [0.717, 1.165) is 0 Å². The fourth-order valence-electron chi connectivity index (χ4n) is 14.1. The zero-order chi connectivity index (χ0) is 58.1. The normalized spacial score (nSPS) is 11.1. The van der Waals surface area contributed by atoms with Crippen LogP contribution in [0.3, 0.4) is 0 Å². The second-order valence-electron chi connectivity index (χ2n) is 22.7. The van der Waals surface area contributed by atoms with Crippen LogP contribution in [0.15, 0.2) is 340 Å². The first-order chi connectivity index (χ1) is 43.7. The molecular formula is C84H56Cl2N4Ti2-2. The van der Waals surface area contributed by atoms with Crippen molar-refractivity contribution in [3.8, 4) is 22.7 Å². The molecule has 0 saturated carbocycles. The third kappa shape index (κ3) is 10.2. The summed E-state index contributed by atoms with van der Waals surface area (Å²) in [6.07, 6.45) is 0. The van der Waals surface area contributed by atoms with Gasteiger partial charge in [0, 0.05) is 44.8 Å². The number of halogens is 2. The van der Waals surface area contributed by atoms with Gasteiger partial charge in [-0.3, -0.25) is 0 Å². The Bertz CT molecular complexity index is 5180. The molecule has 0 bridgehead atoms. The molecule has 0 N–H and O–H groups in total. The number of hydrogen-bond donors (Lipinski definition) is 0. The molecule has 0 spiro atoms. The molecule has 436 valence electrons. The number of rotatable bonds is 4. The summed E-state index contributed by atoms with van der Waals surface area (Å²) in [7, 11) is 0. The number of aromatic nitrogens is 4. The predicted molar refractivity (Wildman–Crippen MR) is 376 cm³/mol. The van der Waals surface area contributed by atoms with Gasteiger partial charge in [-0.15, -0.1) is 70.1 Å². The van der Waals surface area contributed by atoms with Crippen LogP contribution in [0, 0.1) is 0 Å². The molecule has 0 aliphatic heterocycles. The van der Waals surface area contributed by atoms with Crippen LogP contribution in [0.2, 0.25) is 0 Å². The Labute approximate surface area is 574 Å². The van der Waals surface area contributed by atoms with Gasteiger partial charge in [-0.2, -0.15) is 0 Å². The van der Waals surface area contributed by atoms with Crippen molar-refractivity contribution < 1.29 is 68.2 Å². The first kappa shape index (κ1) is 61.2. The van der Waals surface area contributed by atoms with E-state index in [1.807, 2.05) is 0 Å². The fraction of sp³-hybridized carbons (Fsp3) is 0. The van der Waals surface area contributed by atoms with Crippen molar-refractivity contribution in [1.29, 1.82) is 0 Å². The third-order valence-electron chi connectivity index (χ3n) is 17.8. The van der Waals surface area contributed by atoms with E-state index in [1.165, 1.54) is 153 Å². The number of para-hydroxylation sites is 8. The van der Waals surface area contributed by atoms with Gasteiger partial charge in [0.05, 0.1) is 0 Å². The van der Waals surface area contributed by atoms with Gasteiger partial charge in [0.15, 0.2) is 0 Å². The zero-order valence-corrected chi connectivity index (χ0v) is 54.5. The predicted octanol–water partition coefficient (Wildman–Crippen LogP) is 16.6. The van der Waals surface area contributed by atoms with E-state index in [0.29, 0.717) is 0 Å². The van der Waals surface area contributed by atoms with Crippen molar-refractivity contribution in [2.24, 2.45) is 0 Å². The van der Waals surface area contributed by atoms with E-state index in [-0.39, 0.29) is 68.2 Å². The molecule has 20 rings (SSSR count). The summed E-state index contributed by atoms with van der Waals surface area (Å²) in [5, 5.41) is 21.1. The quantitative estimate of drug-likeness (QED) is 0.124. The molecule has 0 fully saturated rings. The number of fused-ring (bicyclic) bond motifs is 20. The van der Waals surface area contributed by atoms with E-state index in [4.69, 9.17) is 0 Å². The van der Waals surface area contributed by atoms with E-state index in [1.54, 1.807) is 0 Å². The summed E-state index contributed by atoms with van der Waals surface area (Å²) in [6.45, 7) is 0. The standard InChI is InChI=1S/4C21H14N.2ClH.2Ti/c4*1-2-9-16(10-3-1)22-20-13-7-6-12-18(20)19-14-15-8-4-5-11-17(15)21(19)22;;;;/h4*1-14H;2*1H;;/q4*-1;;;2*+2/p-2. The number of benzene rings is 12. The van der Waals surface area contributed by atoms with Crippen LogP contribution in [0.25, 0.3) is 153 Å². The van der Waals surface area contributed by atoms with Gasteiger partial charge in [-0.05, 0) is 94.9 Å². The van der Waals surface area contributed by atoms with E-state index < -0.39 is 0 Å². The van der Waals surface area contributed by atoms with Gasteiger partial charge >= 0.3 is 43.4 Å². The minimum absolute atomic E-state index is 0. The van der Waals surface area contributed by atoms with Gasteiger partial charge in [-0.1, -0.05) is 283 Å². The maximum absolute atomic E-state index is 2.38. The Morgan fingerprint density at radius 3 is 0.543 bits per heavy atom. The van der Waals surface area contributed by atoms with Crippen molar-refractivity contribution in [2.75, 3.05) is 0 Å². The largest absolute Gasteiger partial charge is 2.00 e. The van der Waals surface area contributed by atoms with E-state index in [2.05, 4.69) is 358 Å². The Hall–Kier alpha value is -9.71. The Balaban J connectivity index is 0.000000110. The van der Waals surface area contributed by atoms with Gasteiger partial charge in [0.25, 0.3) is 0 Å². The Morgan fingerprint density at radius 1 is 0.174 bits per heavy atom. The molecule has 4 heterocycles. The number of nitrogens with zero attached hydrogens (tertiary/aromatic N) is 4. The molecule has 8 heteroatoms. The van der Waals surface area contributed by atoms with Crippen molar-refractivity contribution in [3.63, 3.8) is 0 Å². The van der Waals surface area contributed by atoms with Gasteiger partial charge < -0.3 is 43.1 Å². The van der Waals surface area contributed by atoms with Crippen molar-refractivity contribution in [2.45, 2.75) is 0 Å². The van der Waals surface area contributed by atoms with E-state index >= 15 is 0 Å². The molecule has 20 aromatic rings. The smallest absolute Gasteiger partial charge is 1.00 e. The molecule has 16 aromatic carbocycles. The fourth-order valence-corrected chi connectivity index (χ4v) is 14.1. The zero-order valence-electron chi connectivity index (χ0n) is 49.9. The monoisotopic (exact) mass is 1290 g/mol. The molecule has 4 nitrogen and oxygen atoms in total. The minimum Gasteiger partial charge on any atom is -1.00 e. The minimum atomic E-state index is 0. The van der Waals surface area contributed by atoms with E-state index in [9.17, 15) is 0 Å². The SMILES string of the molecule is [Cl-].[Cl-].[Ti+2].[Ti+2].c1ccc(-n2c3ccccc3c3[cH-]c4ccccc4c32)cc1.c1ccc(-n2c3ccccc3c3[cH-]c4ccccc4c32)cc1.c1ccc(-n2c3ccccc3c3[cH-]c4ccccc4c32)cc1.c1ccc(-n2c3ccccc3c3[cH-]c4ccccc4c32)cc1. The first-order valence-corrected chi connectivity index (χ1v) is 30.3. The average molecular weight is 1290 g/mol. The van der Waals surface area contributed by atoms with Crippen molar-refractivity contribution in [1.82, 2.24) is 18.3 Å². The molecule has 4 aromatic heterocycles. The third-order valence-corrected chi connectivity index (χ3v) is 17.8. The van der Waals surface area contributed by atoms with Gasteiger partial charge in [-0.25, -0.2) is 0 Å². The van der Waals surface area contributed by atoms with Crippen LogP contribution < -0.4 is 24.8 Å². The van der Waals surface area contributed by atoms with Gasteiger partial charge in [0.2, 0.25) is 0 Å². The second kappa shape index (κ2) is 25.9. The van der Waals surface area contributed by atoms with Crippen molar-refractivity contribution >= 4 is 130 Å². The first-order valence-electron chi connectivity index (χ1n) is 30.3. The van der Waals surface area contributed by atoms with Crippen LogP contribution in [-0.4, -0.2) is 18.3 Å². The molecular weight excluding hydrogens is 1230 g/mol. The second-order valence-corrected chi connectivity index (χ2v) is 22.7. The van der Waals surface area contributed by atoms with Crippen LogP contribution in [0.5, 0.6) is 0 Å². The summed E-state index contributed by atoms with van der Waals surface area (Å²) in [4.78, 5) is 0. The maximum atomic E-state index is 2.38. The average Bonchev–Trinajstić information content (AvgIpc) is 1.62. The summed E-state index contributed by atoms with van der Waals surface area (Å²) >= 11 is 0. The van der Waals surface area contributed by atoms with Crippen LogP contribution in [0.4, 0.5) is 0 Å². The summed E-state index contributed by atoms with van der Waals surface area (Å²) in [5.74, 6) is 0. The molecule has 0 atom stereocenters. The maximum Gasteiger partial charge on any atom is 2.00 e. The van der Waals surface area contributed by atoms with Crippen LogP contribution >= 0.6 is 0 Å². The van der Waals surface area contributed by atoms with Crippen molar-refractivity contribution in [3.05, 3.63) is 340 Å².